The van der Waals surface area contributed by atoms with Gasteiger partial charge in [-0.2, -0.15) is 4.31 Å². The van der Waals surface area contributed by atoms with Gasteiger partial charge in [0, 0.05) is 29.9 Å². The van der Waals surface area contributed by atoms with Gasteiger partial charge in [0.15, 0.2) is 5.75 Å². The number of fused-ring (bicyclic) bond motifs is 1. The van der Waals surface area contributed by atoms with Gasteiger partial charge in [0.05, 0.1) is 10.4 Å². The van der Waals surface area contributed by atoms with Gasteiger partial charge in [-0.1, -0.05) is 0 Å². The van der Waals surface area contributed by atoms with Gasteiger partial charge >= 0.3 is 0 Å². The largest absolute Gasteiger partial charge is 0.503 e. The first-order valence-corrected chi connectivity index (χ1v) is 9.25. The zero-order valence-corrected chi connectivity index (χ0v) is 14.7. The summed E-state index contributed by atoms with van der Waals surface area (Å²) in [5.74, 6) is -1.59. The van der Waals surface area contributed by atoms with Crippen molar-refractivity contribution in [1.29, 1.82) is 0 Å². The Morgan fingerprint density at radius 2 is 1.83 bits per heavy atom. The van der Waals surface area contributed by atoms with Crippen LogP contribution in [0.25, 0.3) is 10.9 Å². The van der Waals surface area contributed by atoms with E-state index in [-0.39, 0.29) is 20.3 Å². The highest BCUT2D eigenvalue weighted by Gasteiger charge is 2.31. The Hall–Kier alpha value is -1.58. The normalized spacial score (nSPS) is 16.3. The molecule has 0 unspecified atom stereocenters. The number of carbonyl (C=O) groups excluding carboxylic acids is 1. The Labute approximate surface area is 141 Å². The number of aromatic hydroxyl groups is 2. The number of hydrogen-bond acceptors (Lipinski definition) is 5. The third-order valence-electron chi connectivity index (χ3n) is 3.97. The molecule has 0 saturated carbocycles. The van der Waals surface area contributed by atoms with Crippen LogP contribution in [-0.4, -0.2) is 46.5 Å². The predicted octanol–water partition coefficient (Wildman–Crippen LogP) is 2.26. The minimum atomic E-state index is -3.71. The second-order valence-corrected chi connectivity index (χ2v) is 8.20. The molecular weight excluding hydrogens is 388 g/mol. The van der Waals surface area contributed by atoms with E-state index in [0.717, 1.165) is 17.4 Å². The SMILES string of the molecule is CC(=O)n1c(O)c(O)c2cc(Br)c(S(=O)(=O)N3CCCC3)cc21. The molecule has 0 radical (unpaired) electrons. The lowest BCUT2D eigenvalue weighted by molar-refractivity contribution is 0.0932. The number of sulfonamides is 1. The molecule has 1 aromatic heterocycles. The summed E-state index contributed by atoms with van der Waals surface area (Å²) >= 11 is 3.21. The summed E-state index contributed by atoms with van der Waals surface area (Å²) in [6.07, 6.45) is 1.62. The summed E-state index contributed by atoms with van der Waals surface area (Å²) in [7, 11) is -3.71. The van der Waals surface area contributed by atoms with E-state index in [1.165, 1.54) is 23.4 Å². The van der Waals surface area contributed by atoms with Gasteiger partial charge in [-0.15, -0.1) is 0 Å². The first kappa shape index (κ1) is 16.3. The van der Waals surface area contributed by atoms with E-state index < -0.39 is 27.6 Å². The van der Waals surface area contributed by atoms with E-state index in [1.807, 2.05) is 0 Å². The van der Waals surface area contributed by atoms with Crippen LogP contribution in [-0.2, 0) is 10.0 Å². The van der Waals surface area contributed by atoms with Crippen molar-refractivity contribution in [3.63, 3.8) is 0 Å². The summed E-state index contributed by atoms with van der Waals surface area (Å²) in [6.45, 7) is 2.13. The van der Waals surface area contributed by atoms with Crippen LogP contribution < -0.4 is 0 Å². The highest BCUT2D eigenvalue weighted by atomic mass is 79.9. The van der Waals surface area contributed by atoms with E-state index in [4.69, 9.17) is 0 Å². The molecule has 1 aromatic carbocycles. The van der Waals surface area contributed by atoms with Crippen LogP contribution in [0.15, 0.2) is 21.5 Å². The molecule has 0 bridgehead atoms. The van der Waals surface area contributed by atoms with Gasteiger partial charge in [0.1, 0.15) is 0 Å². The van der Waals surface area contributed by atoms with Crippen molar-refractivity contribution >= 4 is 42.8 Å². The van der Waals surface area contributed by atoms with Crippen LogP contribution in [0.2, 0.25) is 0 Å². The Morgan fingerprint density at radius 1 is 1.22 bits per heavy atom. The maximum Gasteiger partial charge on any atom is 0.244 e. The molecule has 2 heterocycles. The molecule has 23 heavy (non-hydrogen) atoms. The number of halogens is 1. The predicted molar refractivity (Wildman–Crippen MR) is 87.3 cm³/mol. The van der Waals surface area contributed by atoms with E-state index in [9.17, 15) is 23.4 Å². The van der Waals surface area contributed by atoms with Crippen LogP contribution in [0.1, 0.15) is 24.6 Å². The Bertz CT molecular complexity index is 913. The van der Waals surface area contributed by atoms with Crippen LogP contribution in [0.4, 0.5) is 0 Å². The highest BCUT2D eigenvalue weighted by molar-refractivity contribution is 9.10. The summed E-state index contributed by atoms with van der Waals surface area (Å²) in [5, 5.41) is 20.1. The molecule has 1 saturated heterocycles. The fraction of sp³-hybridized carbons (Fsp3) is 0.357. The fourth-order valence-electron chi connectivity index (χ4n) is 2.84. The molecule has 0 aliphatic carbocycles. The summed E-state index contributed by atoms with van der Waals surface area (Å²) in [5.41, 5.74) is 0.147. The number of aromatic nitrogens is 1. The number of carbonyl (C=O) groups is 1. The second-order valence-electron chi connectivity index (χ2n) is 5.44. The van der Waals surface area contributed by atoms with Gasteiger partial charge in [0.25, 0.3) is 0 Å². The van der Waals surface area contributed by atoms with Crippen LogP contribution >= 0.6 is 15.9 Å². The second kappa shape index (κ2) is 5.50. The van der Waals surface area contributed by atoms with Crippen LogP contribution in [0, 0.1) is 0 Å². The van der Waals surface area contributed by atoms with Gasteiger partial charge in [0.2, 0.25) is 21.8 Å². The lowest BCUT2D eigenvalue weighted by atomic mass is 10.2. The third-order valence-corrected chi connectivity index (χ3v) is 6.82. The molecule has 124 valence electrons. The maximum absolute atomic E-state index is 12.7. The highest BCUT2D eigenvalue weighted by Crippen LogP contribution is 2.41. The minimum Gasteiger partial charge on any atom is -0.503 e. The van der Waals surface area contributed by atoms with Crippen molar-refractivity contribution in [1.82, 2.24) is 8.87 Å². The molecule has 2 N–H and O–H groups in total. The standard InChI is InChI=1S/C14H15BrN2O5S/c1-8(18)17-11-7-12(23(21,22)16-4-2-3-5-16)10(15)6-9(11)13(19)14(17)20/h6-7,19-20H,2-5H2,1H3. The number of nitrogens with zero attached hydrogens (tertiary/aromatic N) is 2. The molecule has 1 aliphatic rings. The molecule has 1 aliphatic heterocycles. The summed E-state index contributed by atoms with van der Waals surface area (Å²) in [4.78, 5) is 11.7. The topological polar surface area (TPSA) is 99.8 Å². The lowest BCUT2D eigenvalue weighted by Crippen LogP contribution is -2.28. The zero-order chi connectivity index (χ0) is 16.9. The summed E-state index contributed by atoms with van der Waals surface area (Å²) in [6, 6.07) is 2.70. The molecule has 0 amide bonds. The summed E-state index contributed by atoms with van der Waals surface area (Å²) < 4.78 is 28.0. The molecule has 0 atom stereocenters. The van der Waals surface area contributed by atoms with Crippen LogP contribution in [0.3, 0.4) is 0 Å². The number of hydrogen-bond donors (Lipinski definition) is 2. The monoisotopic (exact) mass is 402 g/mol. The quantitative estimate of drug-likeness (QED) is 0.802. The van der Waals surface area contributed by atoms with Gasteiger partial charge in [-0.25, -0.2) is 13.0 Å². The van der Waals surface area contributed by atoms with Crippen molar-refractivity contribution in [2.45, 2.75) is 24.7 Å². The Kier molecular flexibility index (Phi) is 3.89. The van der Waals surface area contributed by atoms with Crippen molar-refractivity contribution in [3.05, 3.63) is 16.6 Å². The van der Waals surface area contributed by atoms with Crippen molar-refractivity contribution < 1.29 is 23.4 Å². The Balaban J connectivity index is 2.29. The molecule has 0 spiro atoms. The van der Waals surface area contributed by atoms with E-state index >= 15 is 0 Å². The number of benzene rings is 1. The minimum absolute atomic E-state index is 0.00639. The molecule has 7 nitrogen and oxygen atoms in total. The van der Waals surface area contributed by atoms with E-state index in [2.05, 4.69) is 15.9 Å². The Morgan fingerprint density at radius 3 is 2.39 bits per heavy atom. The lowest BCUT2D eigenvalue weighted by Gasteiger charge is -2.17. The first-order valence-electron chi connectivity index (χ1n) is 7.02. The maximum atomic E-state index is 12.7. The fourth-order valence-corrected chi connectivity index (χ4v) is 5.38. The third kappa shape index (κ3) is 2.43. The molecule has 2 aromatic rings. The van der Waals surface area contributed by atoms with Gasteiger partial charge in [-0.05, 0) is 40.9 Å². The van der Waals surface area contributed by atoms with E-state index in [1.54, 1.807) is 0 Å². The van der Waals surface area contributed by atoms with Crippen molar-refractivity contribution in [2.24, 2.45) is 0 Å². The van der Waals surface area contributed by atoms with Gasteiger partial charge in [-0.3, -0.25) is 4.79 Å². The number of rotatable bonds is 2. The van der Waals surface area contributed by atoms with Crippen molar-refractivity contribution in [3.8, 4) is 11.6 Å². The molecular formula is C14H15BrN2O5S. The molecule has 1 fully saturated rings. The molecule has 9 heteroatoms. The zero-order valence-electron chi connectivity index (χ0n) is 12.3. The smallest absolute Gasteiger partial charge is 0.244 e. The van der Waals surface area contributed by atoms with E-state index in [0.29, 0.717) is 13.1 Å². The van der Waals surface area contributed by atoms with Gasteiger partial charge < -0.3 is 10.2 Å². The first-order chi connectivity index (χ1) is 10.7. The average molecular weight is 403 g/mol. The van der Waals surface area contributed by atoms with Crippen molar-refractivity contribution in [2.75, 3.05) is 13.1 Å². The van der Waals surface area contributed by atoms with Crippen LogP contribution in [0.5, 0.6) is 11.6 Å². The molecule has 3 rings (SSSR count). The average Bonchev–Trinajstić information content (AvgIpc) is 3.08.